The average Bonchev–Trinajstić information content (AvgIpc) is 2.92. The van der Waals surface area contributed by atoms with E-state index >= 15 is 0 Å². The van der Waals surface area contributed by atoms with Crippen molar-refractivity contribution in [2.45, 2.75) is 12.8 Å². The number of halogens is 2. The van der Waals surface area contributed by atoms with Gasteiger partial charge in [-0.15, -0.1) is 0 Å². The zero-order valence-corrected chi connectivity index (χ0v) is 11.5. The Morgan fingerprint density at radius 1 is 1.42 bits per heavy atom. The summed E-state index contributed by atoms with van der Waals surface area (Å²) in [6.45, 7) is 0.534. The van der Waals surface area contributed by atoms with Gasteiger partial charge >= 0.3 is 0 Å². The molecule has 2 rings (SSSR count). The molecule has 1 amide bonds. The average molecular weight is 302 g/mol. The molecule has 0 saturated carbocycles. The number of carbonyl (C=O) groups is 1. The number of nitrogens with two attached hydrogens (primary N) is 1. The number of aromatic nitrogens is 3. The molecule has 0 radical (unpaired) electrons. The summed E-state index contributed by atoms with van der Waals surface area (Å²) in [4.78, 5) is 21.2. The van der Waals surface area contributed by atoms with Gasteiger partial charge in [-0.1, -0.05) is 23.2 Å². The molecule has 0 atom stereocenters. The lowest BCUT2D eigenvalue weighted by Crippen LogP contribution is -2.25. The number of hydrogen-bond donors (Lipinski definition) is 4. The molecule has 2 aromatic rings. The van der Waals surface area contributed by atoms with Gasteiger partial charge in [0, 0.05) is 12.2 Å². The molecule has 6 nitrogen and oxygen atoms in total. The van der Waals surface area contributed by atoms with Crippen molar-refractivity contribution in [1.82, 2.24) is 20.3 Å². The molecule has 0 aliphatic carbocycles. The number of amides is 1. The normalized spacial score (nSPS) is 10.6. The maximum Gasteiger partial charge on any atom is 0.267 e. The van der Waals surface area contributed by atoms with Gasteiger partial charge in [-0.3, -0.25) is 4.79 Å². The largest absolute Gasteiger partial charge is 0.369 e. The molecule has 8 heteroatoms. The van der Waals surface area contributed by atoms with Crippen LogP contribution < -0.4 is 11.1 Å². The van der Waals surface area contributed by atoms with Crippen LogP contribution in [0.3, 0.4) is 0 Å². The number of imidazole rings is 1. The highest BCUT2D eigenvalue weighted by Gasteiger charge is 2.10. The topological polar surface area (TPSA) is 99.6 Å². The van der Waals surface area contributed by atoms with E-state index in [2.05, 4.69) is 20.3 Å². The van der Waals surface area contributed by atoms with Crippen LogP contribution in [0.15, 0.2) is 12.3 Å². The lowest BCUT2D eigenvalue weighted by Gasteiger charge is -2.02. The Bertz CT molecular complexity index is 558. The molecule has 0 saturated heterocycles. The second kappa shape index (κ2) is 5.99. The minimum Gasteiger partial charge on any atom is -0.369 e. The van der Waals surface area contributed by atoms with Gasteiger partial charge in [0.2, 0.25) is 0 Å². The Hall–Kier alpha value is -1.66. The van der Waals surface area contributed by atoms with Crippen LogP contribution in [0.4, 0.5) is 5.95 Å². The summed E-state index contributed by atoms with van der Waals surface area (Å²) < 4.78 is 0. The monoisotopic (exact) mass is 301 g/mol. The number of rotatable bonds is 5. The number of carbonyl (C=O) groups excluding carboxylic acids is 1. The Kier molecular flexibility index (Phi) is 4.34. The fourth-order valence-corrected chi connectivity index (χ4v) is 1.92. The van der Waals surface area contributed by atoms with Crippen molar-refractivity contribution in [2.24, 2.45) is 0 Å². The van der Waals surface area contributed by atoms with Crippen LogP contribution in [0, 0.1) is 0 Å². The van der Waals surface area contributed by atoms with E-state index in [0.29, 0.717) is 23.2 Å². The van der Waals surface area contributed by atoms with E-state index in [4.69, 9.17) is 28.9 Å². The molecule has 0 spiro atoms. The lowest BCUT2D eigenvalue weighted by molar-refractivity contribution is 0.0949. The van der Waals surface area contributed by atoms with E-state index < -0.39 is 0 Å². The van der Waals surface area contributed by atoms with Crippen LogP contribution in [0.2, 0.25) is 10.2 Å². The summed E-state index contributed by atoms with van der Waals surface area (Å²) in [7, 11) is 0. The van der Waals surface area contributed by atoms with Crippen molar-refractivity contribution in [2.75, 3.05) is 12.3 Å². The quantitative estimate of drug-likeness (QED) is 0.635. The van der Waals surface area contributed by atoms with Crippen molar-refractivity contribution in [1.29, 1.82) is 0 Å². The van der Waals surface area contributed by atoms with Gasteiger partial charge in [0.25, 0.3) is 5.91 Å². The number of anilines is 1. The zero-order valence-electron chi connectivity index (χ0n) is 9.96. The Morgan fingerprint density at radius 2 is 2.21 bits per heavy atom. The van der Waals surface area contributed by atoms with Crippen molar-refractivity contribution < 1.29 is 4.79 Å². The smallest absolute Gasteiger partial charge is 0.267 e. The van der Waals surface area contributed by atoms with E-state index in [-0.39, 0.29) is 11.1 Å². The molecular weight excluding hydrogens is 289 g/mol. The SMILES string of the molecule is Nc1ncc(CCCNC(=O)c2cc(Cl)c(Cl)[nH]2)[nH]1. The molecule has 5 N–H and O–H groups in total. The Labute approximate surface area is 119 Å². The first kappa shape index (κ1) is 13.8. The fourth-order valence-electron chi connectivity index (χ4n) is 1.61. The van der Waals surface area contributed by atoms with Crippen molar-refractivity contribution in [3.63, 3.8) is 0 Å². The zero-order chi connectivity index (χ0) is 13.8. The summed E-state index contributed by atoms with van der Waals surface area (Å²) in [5.74, 6) is 0.160. The van der Waals surface area contributed by atoms with Crippen molar-refractivity contribution in [3.05, 3.63) is 33.8 Å². The summed E-state index contributed by atoms with van der Waals surface area (Å²) in [5.41, 5.74) is 6.75. The van der Waals surface area contributed by atoms with Gasteiger partial charge in [-0.05, 0) is 18.9 Å². The highest BCUT2D eigenvalue weighted by Crippen LogP contribution is 2.21. The molecule has 0 bridgehead atoms. The van der Waals surface area contributed by atoms with Crippen molar-refractivity contribution in [3.8, 4) is 0 Å². The highest BCUT2D eigenvalue weighted by atomic mass is 35.5. The summed E-state index contributed by atoms with van der Waals surface area (Å²) >= 11 is 11.5. The minimum atomic E-state index is -0.238. The fraction of sp³-hybridized carbons (Fsp3) is 0.273. The summed E-state index contributed by atoms with van der Waals surface area (Å²) in [6, 6.07) is 1.49. The summed E-state index contributed by atoms with van der Waals surface area (Å²) in [5, 5.41) is 3.36. The maximum atomic E-state index is 11.7. The van der Waals surface area contributed by atoms with Gasteiger partial charge in [-0.2, -0.15) is 0 Å². The first-order valence-corrected chi connectivity index (χ1v) is 6.43. The van der Waals surface area contributed by atoms with Crippen molar-refractivity contribution >= 4 is 35.1 Å². The second-order valence-corrected chi connectivity index (χ2v) is 4.78. The third-order valence-corrected chi connectivity index (χ3v) is 3.22. The maximum absolute atomic E-state index is 11.7. The minimum absolute atomic E-state index is 0.238. The number of nitrogen functional groups attached to an aromatic ring is 1. The van der Waals surface area contributed by atoms with Crippen LogP contribution >= 0.6 is 23.2 Å². The van der Waals surface area contributed by atoms with Gasteiger partial charge in [0.15, 0.2) is 5.95 Å². The van der Waals surface area contributed by atoms with Crippen LogP contribution in [-0.4, -0.2) is 27.4 Å². The number of H-pyrrole nitrogens is 2. The molecule has 19 heavy (non-hydrogen) atoms. The standard InChI is InChI=1S/C11H13Cl2N5O/c12-7-4-8(18-9(7)13)10(19)15-3-1-2-6-5-16-11(14)17-6/h4-5,18H,1-3H2,(H,15,19)(H3,14,16,17). The molecule has 0 fully saturated rings. The number of aryl methyl sites for hydroxylation is 1. The predicted molar refractivity (Wildman–Crippen MR) is 74.5 cm³/mol. The van der Waals surface area contributed by atoms with E-state index in [9.17, 15) is 4.79 Å². The molecule has 0 aliphatic heterocycles. The Balaban J connectivity index is 1.75. The van der Waals surface area contributed by atoms with Gasteiger partial charge in [-0.25, -0.2) is 4.98 Å². The Morgan fingerprint density at radius 3 is 2.79 bits per heavy atom. The van der Waals surface area contributed by atoms with Crippen LogP contribution in [0.1, 0.15) is 22.6 Å². The van der Waals surface area contributed by atoms with Gasteiger partial charge in [0.1, 0.15) is 10.8 Å². The lowest BCUT2D eigenvalue weighted by atomic mass is 10.2. The highest BCUT2D eigenvalue weighted by molar-refractivity contribution is 6.41. The molecule has 2 aromatic heterocycles. The third kappa shape index (κ3) is 3.65. The number of nitrogens with one attached hydrogen (secondary N) is 3. The molecule has 2 heterocycles. The van der Waals surface area contributed by atoms with E-state index in [1.807, 2.05) is 0 Å². The molecule has 0 unspecified atom stereocenters. The third-order valence-electron chi connectivity index (χ3n) is 2.53. The van der Waals surface area contributed by atoms with E-state index in [1.165, 1.54) is 6.07 Å². The number of hydrogen-bond acceptors (Lipinski definition) is 3. The van der Waals surface area contributed by atoms with E-state index in [1.54, 1.807) is 6.20 Å². The van der Waals surface area contributed by atoms with Gasteiger partial charge < -0.3 is 21.0 Å². The summed E-state index contributed by atoms with van der Waals surface area (Å²) in [6.07, 6.45) is 3.22. The predicted octanol–water partition coefficient (Wildman–Crippen LogP) is 1.99. The number of aromatic amines is 2. The first-order valence-electron chi connectivity index (χ1n) is 5.68. The van der Waals surface area contributed by atoms with Crippen LogP contribution in [-0.2, 0) is 6.42 Å². The number of nitrogens with zero attached hydrogens (tertiary/aromatic N) is 1. The van der Waals surface area contributed by atoms with Gasteiger partial charge in [0.05, 0.1) is 11.2 Å². The molecule has 0 aliphatic rings. The second-order valence-electron chi connectivity index (χ2n) is 4.00. The molecule has 102 valence electrons. The molecular formula is C11H13Cl2N5O. The molecule has 0 aromatic carbocycles. The van der Waals surface area contributed by atoms with E-state index in [0.717, 1.165) is 18.5 Å². The van der Waals surface area contributed by atoms with Crippen LogP contribution in [0.5, 0.6) is 0 Å². The first-order chi connectivity index (χ1) is 9.06. The van der Waals surface area contributed by atoms with Crippen LogP contribution in [0.25, 0.3) is 0 Å².